The van der Waals surface area contributed by atoms with Gasteiger partial charge in [-0.05, 0) is 30.7 Å². The minimum absolute atomic E-state index is 0.131. The van der Waals surface area contributed by atoms with Crippen molar-refractivity contribution in [2.45, 2.75) is 12.5 Å². The van der Waals surface area contributed by atoms with Crippen LogP contribution in [0.25, 0.3) is 0 Å². The molecule has 0 aliphatic carbocycles. The second kappa shape index (κ2) is 3.15. The first kappa shape index (κ1) is 8.21. The summed E-state index contributed by atoms with van der Waals surface area (Å²) in [4.78, 5) is 0. The first-order valence-electron chi connectivity index (χ1n) is 4.24. The van der Waals surface area contributed by atoms with E-state index in [4.69, 9.17) is 5.26 Å². The first-order chi connectivity index (χ1) is 6.31. The third-order valence-corrected chi connectivity index (χ3v) is 2.34. The molecule has 66 valence electrons. The summed E-state index contributed by atoms with van der Waals surface area (Å²) < 4.78 is 12.9. The van der Waals surface area contributed by atoms with Gasteiger partial charge in [0, 0.05) is 6.04 Å². The summed E-state index contributed by atoms with van der Waals surface area (Å²) in [5.74, 6) is -0.439. The van der Waals surface area contributed by atoms with Crippen molar-refractivity contribution in [3.05, 3.63) is 35.1 Å². The quantitative estimate of drug-likeness (QED) is 0.707. The monoisotopic (exact) mass is 176 g/mol. The maximum atomic E-state index is 12.9. The molecule has 1 aliphatic heterocycles. The van der Waals surface area contributed by atoms with E-state index in [1.165, 1.54) is 6.07 Å². The highest BCUT2D eigenvalue weighted by molar-refractivity contribution is 5.36. The predicted molar refractivity (Wildman–Crippen MR) is 46.5 cm³/mol. The van der Waals surface area contributed by atoms with Crippen molar-refractivity contribution in [2.24, 2.45) is 0 Å². The fourth-order valence-electron chi connectivity index (χ4n) is 1.42. The number of halogens is 1. The van der Waals surface area contributed by atoms with Crippen molar-refractivity contribution < 1.29 is 4.39 Å². The molecule has 0 spiro atoms. The summed E-state index contributed by atoms with van der Waals surface area (Å²) in [6.07, 6.45) is 1.07. The van der Waals surface area contributed by atoms with E-state index in [1.807, 2.05) is 6.07 Å². The molecule has 1 aromatic rings. The Bertz CT molecular complexity index is 364. The Morgan fingerprint density at radius 1 is 1.54 bits per heavy atom. The Morgan fingerprint density at radius 3 is 2.85 bits per heavy atom. The molecule has 3 heteroatoms. The Balaban J connectivity index is 2.33. The smallest absolute Gasteiger partial charge is 0.140 e. The van der Waals surface area contributed by atoms with Crippen LogP contribution in [-0.4, -0.2) is 6.54 Å². The molecule has 2 nitrogen and oxygen atoms in total. The molecular weight excluding hydrogens is 167 g/mol. The molecular formula is C10H9FN2. The van der Waals surface area contributed by atoms with Gasteiger partial charge in [-0.2, -0.15) is 5.26 Å². The summed E-state index contributed by atoms with van der Waals surface area (Å²) in [6.45, 7) is 1.00. The fraction of sp³-hybridized carbons (Fsp3) is 0.300. The number of nitriles is 1. The third kappa shape index (κ3) is 1.41. The molecule has 0 saturated carbocycles. The molecule has 1 unspecified atom stereocenters. The maximum absolute atomic E-state index is 12.9. The molecule has 0 aromatic heterocycles. The highest BCUT2D eigenvalue weighted by Crippen LogP contribution is 2.24. The normalized spacial score (nSPS) is 20.5. The van der Waals surface area contributed by atoms with Gasteiger partial charge in [0.1, 0.15) is 11.9 Å². The lowest BCUT2D eigenvalue weighted by Crippen LogP contribution is -2.34. The summed E-state index contributed by atoms with van der Waals surface area (Å²) in [5, 5.41) is 11.8. The van der Waals surface area contributed by atoms with Crippen molar-refractivity contribution in [3.63, 3.8) is 0 Å². The summed E-state index contributed by atoms with van der Waals surface area (Å²) >= 11 is 0. The maximum Gasteiger partial charge on any atom is 0.140 e. The minimum atomic E-state index is -0.439. The van der Waals surface area contributed by atoms with Gasteiger partial charge in [-0.1, -0.05) is 6.07 Å². The van der Waals surface area contributed by atoms with Gasteiger partial charge < -0.3 is 5.32 Å². The second-order valence-corrected chi connectivity index (χ2v) is 3.15. The first-order valence-corrected chi connectivity index (χ1v) is 4.24. The van der Waals surface area contributed by atoms with Crippen LogP contribution in [0.1, 0.15) is 23.6 Å². The van der Waals surface area contributed by atoms with E-state index in [2.05, 4.69) is 5.32 Å². The van der Waals surface area contributed by atoms with E-state index in [0.29, 0.717) is 6.04 Å². The van der Waals surface area contributed by atoms with Crippen LogP contribution in [-0.2, 0) is 0 Å². The number of rotatable bonds is 1. The highest BCUT2D eigenvalue weighted by Gasteiger charge is 2.19. The number of hydrogen-bond donors (Lipinski definition) is 1. The van der Waals surface area contributed by atoms with Crippen molar-refractivity contribution in [2.75, 3.05) is 6.54 Å². The van der Waals surface area contributed by atoms with E-state index in [9.17, 15) is 4.39 Å². The zero-order valence-electron chi connectivity index (χ0n) is 7.05. The Kier molecular flexibility index (Phi) is 1.99. The molecule has 0 amide bonds. The molecule has 2 rings (SSSR count). The zero-order chi connectivity index (χ0) is 9.26. The largest absolute Gasteiger partial charge is 0.310 e. The number of hydrogen-bond acceptors (Lipinski definition) is 2. The number of benzene rings is 1. The van der Waals surface area contributed by atoms with Crippen LogP contribution < -0.4 is 5.32 Å². The highest BCUT2D eigenvalue weighted by atomic mass is 19.1. The molecule has 1 fully saturated rings. The number of nitrogens with zero attached hydrogens (tertiary/aromatic N) is 1. The minimum Gasteiger partial charge on any atom is -0.310 e. The van der Waals surface area contributed by atoms with Gasteiger partial charge in [0.15, 0.2) is 0 Å². The van der Waals surface area contributed by atoms with Crippen molar-refractivity contribution in [1.82, 2.24) is 5.32 Å². The Hall–Kier alpha value is -1.40. The van der Waals surface area contributed by atoms with E-state index in [-0.39, 0.29) is 5.56 Å². The van der Waals surface area contributed by atoms with Crippen molar-refractivity contribution in [3.8, 4) is 6.07 Å². The molecule has 1 N–H and O–H groups in total. The van der Waals surface area contributed by atoms with Crippen molar-refractivity contribution >= 4 is 0 Å². The molecule has 1 saturated heterocycles. The van der Waals surface area contributed by atoms with Gasteiger partial charge in [-0.25, -0.2) is 4.39 Å². The standard InChI is InChI=1S/C10H9FN2/c11-9-2-1-7(5-8(9)6-12)10-3-4-13-10/h1-2,5,10,13H,3-4H2. The van der Waals surface area contributed by atoms with Crippen LogP contribution in [0.4, 0.5) is 4.39 Å². The zero-order valence-corrected chi connectivity index (χ0v) is 7.05. The summed E-state index contributed by atoms with van der Waals surface area (Å²) in [6, 6.07) is 6.85. The van der Waals surface area contributed by atoms with Crippen LogP contribution >= 0.6 is 0 Å². The lowest BCUT2D eigenvalue weighted by molar-refractivity contribution is 0.383. The van der Waals surface area contributed by atoms with Gasteiger partial charge in [0.2, 0.25) is 0 Å². The fourth-order valence-corrected chi connectivity index (χ4v) is 1.42. The molecule has 1 aromatic carbocycles. The predicted octanol–water partition coefficient (Wildman–Crippen LogP) is 1.73. The second-order valence-electron chi connectivity index (χ2n) is 3.15. The Labute approximate surface area is 76.0 Å². The van der Waals surface area contributed by atoms with E-state index < -0.39 is 5.82 Å². The van der Waals surface area contributed by atoms with Crippen molar-refractivity contribution in [1.29, 1.82) is 5.26 Å². The number of nitrogens with one attached hydrogen (secondary N) is 1. The van der Waals surface area contributed by atoms with Crippen LogP contribution in [0.5, 0.6) is 0 Å². The van der Waals surface area contributed by atoms with Gasteiger partial charge in [0.25, 0.3) is 0 Å². The molecule has 13 heavy (non-hydrogen) atoms. The molecule has 1 heterocycles. The van der Waals surface area contributed by atoms with E-state index in [0.717, 1.165) is 18.5 Å². The van der Waals surface area contributed by atoms with Crippen LogP contribution in [0, 0.1) is 17.1 Å². The Morgan fingerprint density at radius 2 is 2.31 bits per heavy atom. The molecule has 0 bridgehead atoms. The lowest BCUT2D eigenvalue weighted by Gasteiger charge is -2.28. The SMILES string of the molecule is N#Cc1cc(C2CCN2)ccc1F. The molecule has 0 radical (unpaired) electrons. The van der Waals surface area contributed by atoms with Crippen LogP contribution in [0.15, 0.2) is 18.2 Å². The summed E-state index contributed by atoms with van der Waals surface area (Å²) in [5.41, 5.74) is 1.13. The lowest BCUT2D eigenvalue weighted by atomic mass is 9.96. The molecule has 1 atom stereocenters. The van der Waals surface area contributed by atoms with Gasteiger partial charge in [0.05, 0.1) is 5.56 Å². The average Bonchev–Trinajstić information content (AvgIpc) is 2.05. The van der Waals surface area contributed by atoms with Crippen LogP contribution in [0.2, 0.25) is 0 Å². The van der Waals surface area contributed by atoms with Gasteiger partial charge in [-0.15, -0.1) is 0 Å². The van der Waals surface area contributed by atoms with Gasteiger partial charge in [-0.3, -0.25) is 0 Å². The van der Waals surface area contributed by atoms with E-state index >= 15 is 0 Å². The van der Waals surface area contributed by atoms with Gasteiger partial charge >= 0.3 is 0 Å². The molecule has 1 aliphatic rings. The topological polar surface area (TPSA) is 35.8 Å². The summed E-state index contributed by atoms with van der Waals surface area (Å²) in [7, 11) is 0. The van der Waals surface area contributed by atoms with Crippen LogP contribution in [0.3, 0.4) is 0 Å². The third-order valence-electron chi connectivity index (χ3n) is 2.34. The average molecular weight is 176 g/mol. The van der Waals surface area contributed by atoms with E-state index in [1.54, 1.807) is 12.1 Å².